The van der Waals surface area contributed by atoms with Gasteiger partial charge in [-0.05, 0) is 35.7 Å². The number of nitrogens with one attached hydrogen (secondary N) is 1. The lowest BCUT2D eigenvalue weighted by Gasteiger charge is -2.13. The van der Waals surface area contributed by atoms with Crippen LogP contribution in [0.2, 0.25) is 0 Å². The number of fused-ring (bicyclic) bond motifs is 3. The van der Waals surface area contributed by atoms with Gasteiger partial charge < -0.3 is 14.6 Å². The molecule has 2 aromatic carbocycles. The van der Waals surface area contributed by atoms with Gasteiger partial charge in [-0.25, -0.2) is 4.52 Å². The second-order valence-electron chi connectivity index (χ2n) is 7.66. The van der Waals surface area contributed by atoms with Crippen molar-refractivity contribution in [2.45, 2.75) is 26.9 Å². The molecule has 154 valence electrons. The molecule has 0 unspecified atom stereocenters. The summed E-state index contributed by atoms with van der Waals surface area (Å²) in [5, 5.41) is 7.30. The number of carbonyl (C=O) groups is 1. The fourth-order valence-corrected chi connectivity index (χ4v) is 3.55. The van der Waals surface area contributed by atoms with Crippen molar-refractivity contribution in [3.63, 3.8) is 0 Å². The van der Waals surface area contributed by atoms with Gasteiger partial charge in [-0.15, -0.1) is 0 Å². The molecule has 4 rings (SSSR count). The van der Waals surface area contributed by atoms with Crippen molar-refractivity contribution in [1.29, 1.82) is 0 Å². The zero-order valence-corrected chi connectivity index (χ0v) is 17.3. The zero-order valence-electron chi connectivity index (χ0n) is 17.3. The molecule has 7 nitrogen and oxygen atoms in total. The van der Waals surface area contributed by atoms with Gasteiger partial charge >= 0.3 is 0 Å². The summed E-state index contributed by atoms with van der Waals surface area (Å²) in [4.78, 5) is 25.8. The first-order valence-corrected chi connectivity index (χ1v) is 9.90. The maximum atomic E-state index is 13.1. The second-order valence-corrected chi connectivity index (χ2v) is 7.66. The van der Waals surface area contributed by atoms with Crippen molar-refractivity contribution in [2.75, 3.05) is 7.11 Å². The summed E-state index contributed by atoms with van der Waals surface area (Å²) >= 11 is 0. The van der Waals surface area contributed by atoms with E-state index in [1.165, 1.54) is 0 Å². The number of methoxy groups -OCH3 is 1. The summed E-state index contributed by atoms with van der Waals surface area (Å²) < 4.78 is 8.54. The Kier molecular flexibility index (Phi) is 5.27. The first-order valence-electron chi connectivity index (χ1n) is 9.90. The second kappa shape index (κ2) is 8.02. The van der Waals surface area contributed by atoms with Gasteiger partial charge in [-0.1, -0.05) is 38.1 Å². The molecule has 0 saturated heterocycles. The summed E-state index contributed by atoms with van der Waals surface area (Å²) in [7, 11) is 1.60. The van der Waals surface area contributed by atoms with E-state index in [-0.39, 0.29) is 17.2 Å². The fraction of sp³-hybridized carbons (Fsp3) is 0.261. The van der Waals surface area contributed by atoms with Crippen LogP contribution in [-0.4, -0.2) is 27.2 Å². The molecular formula is C23H24N4O3. The number of nitrogens with zero attached hydrogens (tertiary/aromatic N) is 3. The average Bonchev–Trinajstić information content (AvgIpc) is 3.21. The molecule has 2 aromatic heterocycles. The number of hydrogen-bond donors (Lipinski definition) is 1. The summed E-state index contributed by atoms with van der Waals surface area (Å²) in [5.74, 6) is 0.703. The Morgan fingerprint density at radius 3 is 2.57 bits per heavy atom. The third kappa shape index (κ3) is 3.66. The van der Waals surface area contributed by atoms with Crippen LogP contribution in [0, 0.1) is 5.92 Å². The van der Waals surface area contributed by atoms with Crippen LogP contribution < -0.4 is 15.6 Å². The Bertz CT molecular complexity index is 1290. The van der Waals surface area contributed by atoms with Crippen molar-refractivity contribution in [1.82, 2.24) is 19.5 Å². The van der Waals surface area contributed by atoms with E-state index >= 15 is 0 Å². The maximum absolute atomic E-state index is 13.1. The minimum atomic E-state index is -0.333. The molecule has 0 fully saturated rings. The Morgan fingerprint density at radius 1 is 1.07 bits per heavy atom. The van der Waals surface area contributed by atoms with Gasteiger partial charge in [-0.2, -0.15) is 5.10 Å². The standard InChI is InChI=1S/C23H24N4O3/c1-15(2)14-26-19-9-4-5-10-20(19)27-21(23(26)29)12-18(25-27)22(28)24-13-16-7-6-8-17(11-16)30-3/h4-12,15H,13-14H2,1-3H3,(H,24,28). The summed E-state index contributed by atoms with van der Waals surface area (Å²) in [6.45, 7) is 5.07. The van der Waals surface area contributed by atoms with Gasteiger partial charge in [0.25, 0.3) is 11.5 Å². The van der Waals surface area contributed by atoms with Crippen LogP contribution in [0.5, 0.6) is 5.75 Å². The van der Waals surface area contributed by atoms with Crippen molar-refractivity contribution in [3.05, 3.63) is 76.2 Å². The van der Waals surface area contributed by atoms with Crippen molar-refractivity contribution >= 4 is 22.5 Å². The van der Waals surface area contributed by atoms with Crippen molar-refractivity contribution in [3.8, 4) is 5.75 Å². The first kappa shape index (κ1) is 19.7. The minimum Gasteiger partial charge on any atom is -0.497 e. The third-order valence-electron chi connectivity index (χ3n) is 4.94. The molecule has 2 heterocycles. The molecule has 0 bridgehead atoms. The smallest absolute Gasteiger partial charge is 0.277 e. The summed E-state index contributed by atoms with van der Waals surface area (Å²) in [6.07, 6.45) is 0. The van der Waals surface area contributed by atoms with E-state index in [9.17, 15) is 9.59 Å². The highest BCUT2D eigenvalue weighted by Gasteiger charge is 2.17. The quantitative estimate of drug-likeness (QED) is 0.535. The number of carbonyl (C=O) groups excluding carboxylic acids is 1. The molecule has 4 aromatic rings. The summed E-state index contributed by atoms with van der Waals surface area (Å²) in [6, 6.07) is 16.7. The first-order chi connectivity index (χ1) is 14.5. The number of benzene rings is 2. The minimum absolute atomic E-state index is 0.151. The summed E-state index contributed by atoms with van der Waals surface area (Å²) in [5.41, 5.74) is 2.95. The number of aromatic nitrogens is 3. The molecule has 0 atom stereocenters. The topological polar surface area (TPSA) is 77.6 Å². The SMILES string of the molecule is COc1cccc(CNC(=O)c2cc3c(=O)n(CC(C)C)c4ccccc4n3n2)c1. The van der Waals surface area contributed by atoms with E-state index < -0.39 is 0 Å². The van der Waals surface area contributed by atoms with Crippen LogP contribution in [0.25, 0.3) is 16.6 Å². The van der Waals surface area contributed by atoms with Crippen LogP contribution >= 0.6 is 0 Å². The van der Waals surface area contributed by atoms with Gasteiger partial charge in [0.2, 0.25) is 0 Å². The van der Waals surface area contributed by atoms with Crippen molar-refractivity contribution < 1.29 is 9.53 Å². The highest BCUT2D eigenvalue weighted by atomic mass is 16.5. The highest BCUT2D eigenvalue weighted by molar-refractivity contribution is 5.94. The molecule has 30 heavy (non-hydrogen) atoms. The Balaban J connectivity index is 1.70. The molecule has 0 radical (unpaired) electrons. The van der Waals surface area contributed by atoms with Crippen LogP contribution in [0.15, 0.2) is 59.4 Å². The normalized spacial score (nSPS) is 11.3. The van der Waals surface area contributed by atoms with E-state index in [1.54, 1.807) is 22.3 Å². The van der Waals surface area contributed by atoms with Gasteiger partial charge in [-0.3, -0.25) is 9.59 Å². The van der Waals surface area contributed by atoms with Crippen LogP contribution in [0.1, 0.15) is 29.9 Å². The monoisotopic (exact) mass is 404 g/mol. The van der Waals surface area contributed by atoms with Crippen LogP contribution in [0.4, 0.5) is 0 Å². The molecule has 7 heteroatoms. The molecule has 0 aliphatic carbocycles. The third-order valence-corrected chi connectivity index (χ3v) is 4.94. The Labute approximate surface area is 173 Å². The van der Waals surface area contributed by atoms with Gasteiger partial charge in [0.15, 0.2) is 5.69 Å². The Hall–Kier alpha value is -3.61. The lowest BCUT2D eigenvalue weighted by molar-refractivity contribution is 0.0945. The van der Waals surface area contributed by atoms with Crippen LogP contribution in [0.3, 0.4) is 0 Å². The number of rotatable bonds is 6. The molecule has 0 saturated carbocycles. The highest BCUT2D eigenvalue weighted by Crippen LogP contribution is 2.17. The van der Waals surface area contributed by atoms with Crippen molar-refractivity contribution in [2.24, 2.45) is 5.92 Å². The zero-order chi connectivity index (χ0) is 21.3. The van der Waals surface area contributed by atoms with Crippen LogP contribution in [-0.2, 0) is 13.1 Å². The number of para-hydroxylation sites is 2. The number of ether oxygens (including phenoxy) is 1. The van der Waals surface area contributed by atoms with E-state index in [0.29, 0.717) is 24.5 Å². The lowest BCUT2D eigenvalue weighted by Crippen LogP contribution is -2.25. The van der Waals surface area contributed by atoms with E-state index in [1.807, 2.05) is 48.5 Å². The predicted molar refractivity (Wildman–Crippen MR) is 116 cm³/mol. The molecule has 1 amide bonds. The van der Waals surface area contributed by atoms with E-state index in [2.05, 4.69) is 24.3 Å². The van der Waals surface area contributed by atoms with Gasteiger partial charge in [0.05, 0.1) is 18.1 Å². The molecule has 0 aliphatic heterocycles. The lowest BCUT2D eigenvalue weighted by atomic mass is 10.2. The number of amides is 1. The molecular weight excluding hydrogens is 380 g/mol. The fourth-order valence-electron chi connectivity index (χ4n) is 3.55. The molecule has 0 aliphatic rings. The van der Waals surface area contributed by atoms with Gasteiger partial charge in [0, 0.05) is 19.2 Å². The maximum Gasteiger partial charge on any atom is 0.277 e. The van der Waals surface area contributed by atoms with E-state index in [4.69, 9.17) is 4.74 Å². The van der Waals surface area contributed by atoms with E-state index in [0.717, 1.165) is 22.3 Å². The Morgan fingerprint density at radius 2 is 1.83 bits per heavy atom. The number of hydrogen-bond acceptors (Lipinski definition) is 4. The molecule has 0 spiro atoms. The molecule has 1 N–H and O–H groups in total. The largest absolute Gasteiger partial charge is 0.497 e. The predicted octanol–water partition coefficient (Wildman–Crippen LogP) is 3.24. The average molecular weight is 404 g/mol. The van der Waals surface area contributed by atoms with Gasteiger partial charge in [0.1, 0.15) is 11.3 Å².